The molecule has 1 aliphatic heterocycles. The van der Waals surface area contributed by atoms with Crippen LogP contribution in [0.15, 0.2) is 43.0 Å². The number of pyridine rings is 1. The molecule has 0 saturated carbocycles. The van der Waals surface area contributed by atoms with Crippen molar-refractivity contribution in [3.63, 3.8) is 0 Å². The molecule has 0 radical (unpaired) electrons. The van der Waals surface area contributed by atoms with Crippen LogP contribution in [-0.2, 0) is 13.1 Å². The number of carbonyl (C=O) groups is 1. The van der Waals surface area contributed by atoms with Gasteiger partial charge in [0.05, 0.1) is 24.5 Å². The maximum absolute atomic E-state index is 13.6. The third-order valence-corrected chi connectivity index (χ3v) is 5.87. The Kier molecular flexibility index (Phi) is 4.02. The number of anilines is 1. The summed E-state index contributed by atoms with van der Waals surface area (Å²) in [5.74, 6) is 0.0337. The average molecular weight is 402 g/mol. The molecule has 0 atom stereocenters. The van der Waals surface area contributed by atoms with Crippen molar-refractivity contribution in [2.45, 2.75) is 26.9 Å². The van der Waals surface area contributed by atoms with Crippen LogP contribution in [0.4, 0.5) is 5.69 Å². The molecule has 30 heavy (non-hydrogen) atoms. The highest BCUT2D eigenvalue weighted by molar-refractivity contribution is 6.08. The Labute approximate surface area is 173 Å². The number of aromatic hydroxyl groups is 1. The summed E-state index contributed by atoms with van der Waals surface area (Å²) in [6.07, 6.45) is 7.07. The Morgan fingerprint density at radius 2 is 2.00 bits per heavy atom. The number of carbonyl (C=O) groups excluding carboxylic acids is 1. The first-order chi connectivity index (χ1) is 14.5. The van der Waals surface area contributed by atoms with Crippen molar-refractivity contribution in [2.24, 2.45) is 0 Å². The first-order valence-electron chi connectivity index (χ1n) is 9.80. The predicted octanol–water partition coefficient (Wildman–Crippen LogP) is 2.76. The summed E-state index contributed by atoms with van der Waals surface area (Å²) in [5.41, 5.74) is 12.1. The minimum absolute atomic E-state index is 0.159. The Morgan fingerprint density at radius 1 is 1.17 bits per heavy atom. The SMILES string of the molecule is Cc1ccc(O)c(C)c1-c1cn2ccnc2c(C(=O)N2CCn3nccc3C2)c1N. The highest BCUT2D eigenvalue weighted by Crippen LogP contribution is 2.38. The molecule has 1 aromatic carbocycles. The van der Waals surface area contributed by atoms with Gasteiger partial charge in [-0.15, -0.1) is 0 Å². The van der Waals surface area contributed by atoms with Crippen molar-refractivity contribution >= 4 is 17.2 Å². The van der Waals surface area contributed by atoms with Crippen LogP contribution in [0.25, 0.3) is 16.8 Å². The van der Waals surface area contributed by atoms with E-state index in [0.717, 1.165) is 22.4 Å². The number of imidazole rings is 1. The van der Waals surface area contributed by atoms with E-state index in [-0.39, 0.29) is 11.7 Å². The number of fused-ring (bicyclic) bond motifs is 2. The van der Waals surface area contributed by atoms with Gasteiger partial charge >= 0.3 is 0 Å². The fraction of sp³-hybridized carbons (Fsp3) is 0.227. The second-order valence-electron chi connectivity index (χ2n) is 7.66. The summed E-state index contributed by atoms with van der Waals surface area (Å²) in [5, 5.41) is 14.5. The number of rotatable bonds is 2. The summed E-state index contributed by atoms with van der Waals surface area (Å²) >= 11 is 0. The minimum Gasteiger partial charge on any atom is -0.508 e. The molecule has 3 N–H and O–H groups in total. The number of nitrogen functional groups attached to an aromatic ring is 1. The van der Waals surface area contributed by atoms with Gasteiger partial charge in [-0.1, -0.05) is 6.07 Å². The first-order valence-corrected chi connectivity index (χ1v) is 9.80. The molecule has 4 heterocycles. The van der Waals surface area contributed by atoms with E-state index in [9.17, 15) is 9.90 Å². The number of nitrogens with zero attached hydrogens (tertiary/aromatic N) is 5. The molecule has 4 aromatic rings. The van der Waals surface area contributed by atoms with Gasteiger partial charge in [0, 0.05) is 36.9 Å². The lowest BCUT2D eigenvalue weighted by atomic mass is 9.93. The van der Waals surface area contributed by atoms with E-state index >= 15 is 0 Å². The van der Waals surface area contributed by atoms with Crippen LogP contribution in [0.3, 0.4) is 0 Å². The number of amides is 1. The van der Waals surface area contributed by atoms with Gasteiger partial charge in [0.2, 0.25) is 0 Å². The largest absolute Gasteiger partial charge is 0.508 e. The fourth-order valence-corrected chi connectivity index (χ4v) is 4.25. The molecule has 0 unspecified atom stereocenters. The standard InChI is InChI=1S/C22H22N6O2/c1-13-3-4-17(29)14(2)18(13)16-12-26-8-7-24-21(26)19(20(16)23)22(30)27-9-10-28-15(11-27)5-6-25-28/h3-8,12,29H,9-11,23H2,1-2H3. The highest BCUT2D eigenvalue weighted by atomic mass is 16.3. The molecular formula is C22H22N6O2. The van der Waals surface area contributed by atoms with Crippen LogP contribution >= 0.6 is 0 Å². The van der Waals surface area contributed by atoms with Crippen molar-refractivity contribution in [2.75, 3.05) is 12.3 Å². The average Bonchev–Trinajstić information content (AvgIpc) is 3.39. The molecule has 0 bridgehead atoms. The lowest BCUT2D eigenvalue weighted by Gasteiger charge is -2.28. The molecule has 0 saturated heterocycles. The van der Waals surface area contributed by atoms with Crippen LogP contribution in [0.1, 0.15) is 27.2 Å². The summed E-state index contributed by atoms with van der Waals surface area (Å²) in [4.78, 5) is 19.8. The molecule has 0 fully saturated rings. The third kappa shape index (κ3) is 2.64. The van der Waals surface area contributed by atoms with Gasteiger partial charge < -0.3 is 20.1 Å². The molecule has 0 aliphatic carbocycles. The summed E-state index contributed by atoms with van der Waals surface area (Å²) in [6.45, 7) is 5.48. The summed E-state index contributed by atoms with van der Waals surface area (Å²) in [7, 11) is 0. The van der Waals surface area contributed by atoms with Crippen LogP contribution in [0.5, 0.6) is 5.75 Å². The topological polar surface area (TPSA) is 102 Å². The normalized spacial score (nSPS) is 13.6. The minimum atomic E-state index is -0.159. The number of aromatic nitrogens is 4. The molecular weight excluding hydrogens is 380 g/mol. The monoisotopic (exact) mass is 402 g/mol. The number of hydrogen-bond donors (Lipinski definition) is 2. The Bertz CT molecular complexity index is 1300. The number of phenols is 1. The van der Waals surface area contributed by atoms with E-state index in [1.165, 1.54) is 0 Å². The quantitative estimate of drug-likeness (QED) is 0.537. The molecule has 8 heteroatoms. The number of nitrogens with two attached hydrogens (primary N) is 1. The van der Waals surface area contributed by atoms with E-state index in [0.29, 0.717) is 42.1 Å². The van der Waals surface area contributed by atoms with Crippen LogP contribution in [0.2, 0.25) is 0 Å². The van der Waals surface area contributed by atoms with Gasteiger partial charge in [-0.05, 0) is 42.7 Å². The van der Waals surface area contributed by atoms with Crippen molar-refractivity contribution in [1.82, 2.24) is 24.1 Å². The second-order valence-corrected chi connectivity index (χ2v) is 7.66. The molecule has 3 aromatic heterocycles. The maximum atomic E-state index is 13.6. The van der Waals surface area contributed by atoms with Crippen LogP contribution < -0.4 is 5.73 Å². The van der Waals surface area contributed by atoms with Crippen molar-refractivity contribution in [3.8, 4) is 16.9 Å². The molecule has 8 nitrogen and oxygen atoms in total. The van der Waals surface area contributed by atoms with Crippen LogP contribution in [0, 0.1) is 13.8 Å². The third-order valence-electron chi connectivity index (χ3n) is 5.87. The number of hydrogen-bond acceptors (Lipinski definition) is 5. The fourth-order valence-electron chi connectivity index (χ4n) is 4.25. The molecule has 0 spiro atoms. The summed E-state index contributed by atoms with van der Waals surface area (Å²) < 4.78 is 3.73. The molecule has 152 valence electrons. The van der Waals surface area contributed by atoms with Gasteiger partial charge in [0.15, 0.2) is 5.65 Å². The van der Waals surface area contributed by atoms with Gasteiger partial charge in [0.25, 0.3) is 5.91 Å². The maximum Gasteiger partial charge on any atom is 0.260 e. The zero-order valence-electron chi connectivity index (χ0n) is 16.8. The predicted molar refractivity (Wildman–Crippen MR) is 113 cm³/mol. The number of benzene rings is 1. The highest BCUT2D eigenvalue weighted by Gasteiger charge is 2.28. The van der Waals surface area contributed by atoms with E-state index in [1.807, 2.05) is 41.3 Å². The lowest BCUT2D eigenvalue weighted by molar-refractivity contribution is 0.0708. The molecule has 1 amide bonds. The zero-order chi connectivity index (χ0) is 21.0. The van der Waals surface area contributed by atoms with E-state index in [1.54, 1.807) is 29.6 Å². The zero-order valence-corrected chi connectivity index (χ0v) is 16.8. The lowest BCUT2D eigenvalue weighted by Crippen LogP contribution is -2.39. The van der Waals surface area contributed by atoms with E-state index in [4.69, 9.17) is 5.73 Å². The van der Waals surface area contributed by atoms with E-state index in [2.05, 4.69) is 10.1 Å². The van der Waals surface area contributed by atoms with Gasteiger partial charge in [-0.3, -0.25) is 9.48 Å². The summed E-state index contributed by atoms with van der Waals surface area (Å²) in [6, 6.07) is 5.44. The van der Waals surface area contributed by atoms with E-state index < -0.39 is 0 Å². The van der Waals surface area contributed by atoms with Crippen molar-refractivity contribution < 1.29 is 9.90 Å². The van der Waals surface area contributed by atoms with Crippen LogP contribution in [-0.4, -0.2) is 41.6 Å². The molecule has 1 aliphatic rings. The smallest absolute Gasteiger partial charge is 0.260 e. The van der Waals surface area contributed by atoms with Gasteiger partial charge in [0.1, 0.15) is 11.3 Å². The number of aryl methyl sites for hydroxylation is 1. The Hall–Kier alpha value is -3.81. The van der Waals surface area contributed by atoms with Crippen molar-refractivity contribution in [1.29, 1.82) is 0 Å². The number of phenolic OH excluding ortho intramolecular Hbond substituents is 1. The van der Waals surface area contributed by atoms with Gasteiger partial charge in [-0.25, -0.2) is 4.98 Å². The Morgan fingerprint density at radius 3 is 2.83 bits per heavy atom. The second kappa shape index (κ2) is 6.62. The van der Waals surface area contributed by atoms with Gasteiger partial charge in [-0.2, -0.15) is 5.10 Å². The Balaban J connectivity index is 1.68. The first kappa shape index (κ1) is 18.2. The van der Waals surface area contributed by atoms with Crippen molar-refractivity contribution in [3.05, 3.63) is 65.4 Å². The molecule has 5 rings (SSSR count).